The highest BCUT2D eigenvalue weighted by Crippen LogP contribution is 2.15. The summed E-state index contributed by atoms with van der Waals surface area (Å²) in [6, 6.07) is 5.35. The molecule has 5 heteroatoms. The lowest BCUT2D eigenvalue weighted by molar-refractivity contribution is 0.576. The fraction of sp³-hybridized carbons (Fsp3) is 0.500. The van der Waals surface area contributed by atoms with Crippen LogP contribution in [0.5, 0.6) is 0 Å². The number of aryl methyl sites for hydroxylation is 2. The average molecular weight is 256 g/mol. The van der Waals surface area contributed by atoms with Crippen LogP contribution in [0.4, 0.5) is 0 Å². The molecule has 4 nitrogen and oxygen atoms in total. The van der Waals surface area contributed by atoms with Crippen LogP contribution in [-0.2, 0) is 10.0 Å². The average Bonchev–Trinajstić information content (AvgIpc) is 2.24. The van der Waals surface area contributed by atoms with E-state index in [9.17, 15) is 8.42 Å². The normalized spacial score (nSPS) is 11.7. The molecular formula is C12H20N2O2S. The molecule has 0 atom stereocenters. The van der Waals surface area contributed by atoms with Gasteiger partial charge >= 0.3 is 0 Å². The van der Waals surface area contributed by atoms with Crippen molar-refractivity contribution in [3.63, 3.8) is 0 Å². The Morgan fingerprint density at radius 3 is 2.47 bits per heavy atom. The standard InChI is InChI=1S/C12H20N2O2S/c1-10-5-6-12(11(2)9-10)17(15,16)14-8-4-7-13-3/h5-6,9,13-14H,4,7-8H2,1-3H3. The van der Waals surface area contributed by atoms with E-state index in [-0.39, 0.29) is 0 Å². The van der Waals surface area contributed by atoms with Crippen LogP contribution in [-0.4, -0.2) is 28.6 Å². The van der Waals surface area contributed by atoms with Crippen molar-refractivity contribution in [3.8, 4) is 0 Å². The molecule has 96 valence electrons. The van der Waals surface area contributed by atoms with Gasteiger partial charge in [-0.3, -0.25) is 0 Å². The van der Waals surface area contributed by atoms with Gasteiger partial charge in [-0.25, -0.2) is 13.1 Å². The summed E-state index contributed by atoms with van der Waals surface area (Å²) in [5.41, 5.74) is 1.85. The maximum absolute atomic E-state index is 12.0. The SMILES string of the molecule is CNCCCNS(=O)(=O)c1ccc(C)cc1C. The van der Waals surface area contributed by atoms with Crippen LogP contribution in [0.25, 0.3) is 0 Å². The minimum Gasteiger partial charge on any atom is -0.320 e. The van der Waals surface area contributed by atoms with E-state index < -0.39 is 10.0 Å². The third-order valence-electron chi connectivity index (χ3n) is 2.52. The highest BCUT2D eigenvalue weighted by Gasteiger charge is 2.15. The van der Waals surface area contributed by atoms with Gasteiger partial charge in [0.1, 0.15) is 0 Å². The number of hydrogen-bond acceptors (Lipinski definition) is 3. The first-order chi connectivity index (χ1) is 7.97. The Morgan fingerprint density at radius 2 is 1.88 bits per heavy atom. The van der Waals surface area contributed by atoms with Crippen LogP contribution in [0.1, 0.15) is 17.5 Å². The van der Waals surface area contributed by atoms with Gasteiger partial charge < -0.3 is 5.32 Å². The predicted octanol–water partition coefficient (Wildman–Crippen LogP) is 1.19. The Kier molecular flexibility index (Phi) is 5.11. The van der Waals surface area contributed by atoms with Gasteiger partial charge in [0.15, 0.2) is 0 Å². The number of nitrogens with one attached hydrogen (secondary N) is 2. The van der Waals surface area contributed by atoms with Crippen molar-refractivity contribution in [3.05, 3.63) is 29.3 Å². The van der Waals surface area contributed by atoms with Gasteiger partial charge in [-0.2, -0.15) is 0 Å². The van der Waals surface area contributed by atoms with Crippen molar-refractivity contribution < 1.29 is 8.42 Å². The number of rotatable bonds is 6. The molecule has 0 amide bonds. The Bertz CT molecular complexity index is 469. The molecule has 0 radical (unpaired) electrons. The van der Waals surface area contributed by atoms with Crippen LogP contribution < -0.4 is 10.0 Å². The summed E-state index contributed by atoms with van der Waals surface area (Å²) in [6.45, 7) is 5.02. The summed E-state index contributed by atoms with van der Waals surface area (Å²) in [4.78, 5) is 0.368. The molecule has 0 fully saturated rings. The molecule has 1 aromatic rings. The molecule has 0 saturated carbocycles. The Hall–Kier alpha value is -0.910. The van der Waals surface area contributed by atoms with E-state index in [4.69, 9.17) is 0 Å². The summed E-state index contributed by atoms with van der Waals surface area (Å²) >= 11 is 0. The molecule has 2 N–H and O–H groups in total. The summed E-state index contributed by atoms with van der Waals surface area (Å²) in [5, 5.41) is 2.98. The van der Waals surface area contributed by atoms with E-state index in [1.807, 2.05) is 33.0 Å². The number of sulfonamides is 1. The van der Waals surface area contributed by atoms with Crippen LogP contribution in [0, 0.1) is 13.8 Å². The molecule has 0 spiro atoms. The van der Waals surface area contributed by atoms with E-state index in [0.29, 0.717) is 11.4 Å². The van der Waals surface area contributed by atoms with Gasteiger partial charge in [0, 0.05) is 6.54 Å². The molecule has 0 aliphatic carbocycles. The molecule has 1 rings (SSSR count). The van der Waals surface area contributed by atoms with Gasteiger partial charge in [0.05, 0.1) is 4.90 Å². The molecule has 17 heavy (non-hydrogen) atoms. The molecule has 0 aliphatic heterocycles. The molecule has 0 bridgehead atoms. The zero-order chi connectivity index (χ0) is 12.9. The first-order valence-corrected chi connectivity index (χ1v) is 7.17. The van der Waals surface area contributed by atoms with E-state index in [1.165, 1.54) is 0 Å². The third-order valence-corrected chi connectivity index (χ3v) is 4.14. The highest BCUT2D eigenvalue weighted by molar-refractivity contribution is 7.89. The van der Waals surface area contributed by atoms with Crippen LogP contribution >= 0.6 is 0 Å². The molecule has 0 aliphatic rings. The smallest absolute Gasteiger partial charge is 0.240 e. The molecular weight excluding hydrogens is 236 g/mol. The van der Waals surface area contributed by atoms with Crippen molar-refractivity contribution in [2.75, 3.05) is 20.1 Å². The predicted molar refractivity (Wildman–Crippen MR) is 69.6 cm³/mol. The summed E-state index contributed by atoms with van der Waals surface area (Å²) in [6.07, 6.45) is 0.778. The third kappa shape index (κ3) is 4.11. The van der Waals surface area contributed by atoms with Crippen LogP contribution in [0.15, 0.2) is 23.1 Å². The lowest BCUT2D eigenvalue weighted by Crippen LogP contribution is -2.27. The van der Waals surface area contributed by atoms with Crippen molar-refractivity contribution in [2.24, 2.45) is 0 Å². The Morgan fingerprint density at radius 1 is 1.18 bits per heavy atom. The molecule has 1 aromatic carbocycles. The zero-order valence-electron chi connectivity index (χ0n) is 10.6. The first kappa shape index (κ1) is 14.2. The van der Waals surface area contributed by atoms with Crippen LogP contribution in [0.2, 0.25) is 0 Å². The zero-order valence-corrected chi connectivity index (χ0v) is 11.4. The van der Waals surface area contributed by atoms with Crippen molar-refractivity contribution in [1.82, 2.24) is 10.0 Å². The quantitative estimate of drug-likeness (QED) is 0.752. The van der Waals surface area contributed by atoms with Crippen LogP contribution in [0.3, 0.4) is 0 Å². The van der Waals surface area contributed by atoms with Gasteiger partial charge in [-0.1, -0.05) is 17.7 Å². The molecule has 0 unspecified atom stereocenters. The molecule has 0 saturated heterocycles. The lowest BCUT2D eigenvalue weighted by Gasteiger charge is -2.09. The second-order valence-corrected chi connectivity index (χ2v) is 5.86. The lowest BCUT2D eigenvalue weighted by atomic mass is 10.2. The second kappa shape index (κ2) is 6.14. The monoisotopic (exact) mass is 256 g/mol. The van der Waals surface area contributed by atoms with Gasteiger partial charge in [-0.05, 0) is 45.5 Å². The van der Waals surface area contributed by atoms with E-state index in [0.717, 1.165) is 24.1 Å². The number of benzene rings is 1. The summed E-state index contributed by atoms with van der Waals surface area (Å²) in [7, 11) is -1.52. The van der Waals surface area contributed by atoms with Gasteiger partial charge in [0.25, 0.3) is 0 Å². The van der Waals surface area contributed by atoms with Gasteiger partial charge in [0.2, 0.25) is 10.0 Å². The van der Waals surface area contributed by atoms with Crippen molar-refractivity contribution in [2.45, 2.75) is 25.2 Å². The number of hydrogen-bond donors (Lipinski definition) is 2. The van der Waals surface area contributed by atoms with E-state index in [2.05, 4.69) is 10.0 Å². The van der Waals surface area contributed by atoms with Gasteiger partial charge in [-0.15, -0.1) is 0 Å². The van der Waals surface area contributed by atoms with Crippen molar-refractivity contribution >= 4 is 10.0 Å². The molecule has 0 aromatic heterocycles. The Labute approximate surface area is 103 Å². The Balaban J connectivity index is 2.76. The van der Waals surface area contributed by atoms with E-state index in [1.54, 1.807) is 6.07 Å². The maximum atomic E-state index is 12.0. The molecule has 0 heterocycles. The largest absolute Gasteiger partial charge is 0.320 e. The fourth-order valence-corrected chi connectivity index (χ4v) is 2.95. The minimum absolute atomic E-state index is 0.368. The van der Waals surface area contributed by atoms with E-state index >= 15 is 0 Å². The van der Waals surface area contributed by atoms with Crippen molar-refractivity contribution in [1.29, 1.82) is 0 Å². The fourth-order valence-electron chi connectivity index (χ4n) is 1.65. The topological polar surface area (TPSA) is 58.2 Å². The summed E-state index contributed by atoms with van der Waals surface area (Å²) in [5.74, 6) is 0. The highest BCUT2D eigenvalue weighted by atomic mass is 32.2. The maximum Gasteiger partial charge on any atom is 0.240 e. The second-order valence-electron chi connectivity index (χ2n) is 4.12. The minimum atomic E-state index is -3.37. The first-order valence-electron chi connectivity index (χ1n) is 5.69. The summed E-state index contributed by atoms with van der Waals surface area (Å²) < 4.78 is 26.6.